The molecular formula is C20H24N2O3. The Bertz CT molecular complexity index is 814. The molecule has 0 bridgehead atoms. The lowest BCUT2D eigenvalue weighted by Crippen LogP contribution is -2.39. The lowest BCUT2D eigenvalue weighted by Gasteiger charge is -2.24. The summed E-state index contributed by atoms with van der Waals surface area (Å²) >= 11 is 0. The topological polar surface area (TPSA) is 66.5 Å². The Morgan fingerprint density at radius 1 is 1.24 bits per heavy atom. The summed E-state index contributed by atoms with van der Waals surface area (Å²) in [4.78, 5) is 37.3. The maximum Gasteiger partial charge on any atom is 0.259 e. The average molecular weight is 340 g/mol. The molecule has 0 saturated carbocycles. The molecule has 0 radical (unpaired) electrons. The summed E-state index contributed by atoms with van der Waals surface area (Å²) < 4.78 is 0. The summed E-state index contributed by atoms with van der Waals surface area (Å²) in [7, 11) is 1.55. The van der Waals surface area contributed by atoms with Crippen molar-refractivity contribution < 1.29 is 14.4 Å². The number of benzene rings is 2. The Hall–Kier alpha value is -2.69. The number of anilines is 1. The number of carbonyl (C=O) groups excluding carboxylic acids is 3. The molecule has 2 aromatic rings. The Balaban J connectivity index is 0.00000109. The molecule has 132 valence electrons. The zero-order valence-electron chi connectivity index (χ0n) is 15.1. The molecule has 1 atom stereocenters. The molecule has 1 N–H and O–H groups in total. The van der Waals surface area contributed by atoms with Gasteiger partial charge in [-0.2, -0.15) is 0 Å². The monoisotopic (exact) mass is 340 g/mol. The SMILES string of the molecule is CC.CNC(=O)CCC(C=O)N1C(=O)c2cccc3c(C)ccc1c23. The summed E-state index contributed by atoms with van der Waals surface area (Å²) in [6.45, 7) is 6.00. The van der Waals surface area contributed by atoms with Crippen LogP contribution in [0, 0.1) is 6.92 Å². The molecular weight excluding hydrogens is 316 g/mol. The van der Waals surface area contributed by atoms with E-state index in [0.717, 1.165) is 28.3 Å². The molecule has 2 aromatic carbocycles. The van der Waals surface area contributed by atoms with E-state index >= 15 is 0 Å². The number of hydrogen-bond acceptors (Lipinski definition) is 3. The molecule has 1 aliphatic heterocycles. The summed E-state index contributed by atoms with van der Waals surface area (Å²) in [5.41, 5.74) is 2.46. The first-order chi connectivity index (χ1) is 12.1. The molecule has 5 heteroatoms. The zero-order chi connectivity index (χ0) is 18.6. The molecule has 1 heterocycles. The largest absolute Gasteiger partial charge is 0.359 e. The Morgan fingerprint density at radius 2 is 1.96 bits per heavy atom. The minimum Gasteiger partial charge on any atom is -0.359 e. The van der Waals surface area contributed by atoms with Crippen molar-refractivity contribution in [2.45, 2.75) is 39.7 Å². The van der Waals surface area contributed by atoms with Crippen molar-refractivity contribution in [3.8, 4) is 0 Å². The van der Waals surface area contributed by atoms with E-state index in [2.05, 4.69) is 5.32 Å². The van der Waals surface area contributed by atoms with Crippen molar-refractivity contribution in [2.24, 2.45) is 0 Å². The highest BCUT2D eigenvalue weighted by atomic mass is 16.2. The molecule has 0 saturated heterocycles. The summed E-state index contributed by atoms with van der Waals surface area (Å²) in [5, 5.41) is 4.45. The van der Waals surface area contributed by atoms with Crippen molar-refractivity contribution in [1.29, 1.82) is 0 Å². The van der Waals surface area contributed by atoms with Crippen molar-refractivity contribution in [3.05, 3.63) is 41.5 Å². The van der Waals surface area contributed by atoms with Gasteiger partial charge in [0.05, 0.1) is 11.7 Å². The molecule has 5 nitrogen and oxygen atoms in total. The van der Waals surface area contributed by atoms with E-state index < -0.39 is 6.04 Å². The summed E-state index contributed by atoms with van der Waals surface area (Å²) in [6.07, 6.45) is 1.26. The van der Waals surface area contributed by atoms with E-state index in [-0.39, 0.29) is 18.2 Å². The molecule has 0 aromatic heterocycles. The number of nitrogens with zero attached hydrogens (tertiary/aromatic N) is 1. The van der Waals surface area contributed by atoms with Crippen LogP contribution < -0.4 is 10.2 Å². The van der Waals surface area contributed by atoms with Gasteiger partial charge in [-0.3, -0.25) is 14.5 Å². The maximum absolute atomic E-state index is 12.8. The fourth-order valence-electron chi connectivity index (χ4n) is 3.14. The van der Waals surface area contributed by atoms with Gasteiger partial charge in [0, 0.05) is 24.4 Å². The number of amides is 2. The van der Waals surface area contributed by atoms with E-state index in [1.807, 2.05) is 45.0 Å². The van der Waals surface area contributed by atoms with Crippen LogP contribution in [0.15, 0.2) is 30.3 Å². The molecule has 2 amide bonds. The first kappa shape index (κ1) is 18.6. The van der Waals surface area contributed by atoms with Crippen LogP contribution in [-0.4, -0.2) is 31.2 Å². The minimum atomic E-state index is -0.641. The molecule has 0 spiro atoms. The van der Waals surface area contributed by atoms with Crippen molar-refractivity contribution >= 4 is 34.6 Å². The Kier molecular flexibility index (Phi) is 5.91. The highest BCUT2D eigenvalue weighted by Crippen LogP contribution is 2.40. The van der Waals surface area contributed by atoms with E-state index in [0.29, 0.717) is 12.0 Å². The third-order valence-electron chi connectivity index (χ3n) is 4.38. The van der Waals surface area contributed by atoms with Crippen molar-refractivity contribution in [2.75, 3.05) is 11.9 Å². The van der Waals surface area contributed by atoms with Crippen LogP contribution in [0.4, 0.5) is 5.69 Å². The number of aldehydes is 1. The molecule has 0 aliphatic carbocycles. The zero-order valence-corrected chi connectivity index (χ0v) is 15.1. The van der Waals surface area contributed by atoms with Gasteiger partial charge < -0.3 is 10.1 Å². The molecule has 1 aliphatic rings. The van der Waals surface area contributed by atoms with E-state index in [9.17, 15) is 14.4 Å². The molecule has 1 unspecified atom stereocenters. The standard InChI is InChI=1S/C18H18N2O3.C2H6/c1-11-6-8-15-17-13(11)4-3-5-14(17)18(23)20(15)12(10-21)7-9-16(22)19-2;1-2/h3-6,8,10,12H,7,9H2,1-2H3,(H,19,22);1-2H3. The predicted molar refractivity (Wildman–Crippen MR) is 100.0 cm³/mol. The molecule has 0 fully saturated rings. The quantitative estimate of drug-likeness (QED) is 0.850. The van der Waals surface area contributed by atoms with Gasteiger partial charge in [-0.25, -0.2) is 0 Å². The van der Waals surface area contributed by atoms with Crippen LogP contribution in [0.1, 0.15) is 42.6 Å². The van der Waals surface area contributed by atoms with Crippen LogP contribution in [0.2, 0.25) is 0 Å². The second-order valence-corrected chi connectivity index (χ2v) is 5.72. The van der Waals surface area contributed by atoms with Gasteiger partial charge in [-0.05, 0) is 36.4 Å². The van der Waals surface area contributed by atoms with Crippen LogP contribution >= 0.6 is 0 Å². The smallest absolute Gasteiger partial charge is 0.259 e. The summed E-state index contributed by atoms with van der Waals surface area (Å²) in [5.74, 6) is -0.319. The fourth-order valence-corrected chi connectivity index (χ4v) is 3.14. The number of hydrogen-bond donors (Lipinski definition) is 1. The normalized spacial score (nSPS) is 13.3. The van der Waals surface area contributed by atoms with Crippen LogP contribution in [0.3, 0.4) is 0 Å². The average Bonchev–Trinajstić information content (AvgIpc) is 2.94. The van der Waals surface area contributed by atoms with Gasteiger partial charge in [-0.1, -0.05) is 32.0 Å². The van der Waals surface area contributed by atoms with Crippen molar-refractivity contribution in [1.82, 2.24) is 5.32 Å². The van der Waals surface area contributed by atoms with Gasteiger partial charge in [0.15, 0.2) is 0 Å². The van der Waals surface area contributed by atoms with Gasteiger partial charge in [-0.15, -0.1) is 0 Å². The summed E-state index contributed by atoms with van der Waals surface area (Å²) in [6, 6.07) is 8.81. The van der Waals surface area contributed by atoms with Crippen molar-refractivity contribution in [3.63, 3.8) is 0 Å². The number of rotatable bonds is 5. The highest BCUT2D eigenvalue weighted by Gasteiger charge is 2.34. The second kappa shape index (κ2) is 7.92. The molecule has 25 heavy (non-hydrogen) atoms. The number of nitrogens with one attached hydrogen (secondary N) is 1. The Labute approximate surface area is 148 Å². The first-order valence-corrected chi connectivity index (χ1v) is 8.60. The maximum atomic E-state index is 12.8. The van der Waals surface area contributed by atoms with Crippen LogP contribution in [0.5, 0.6) is 0 Å². The van der Waals surface area contributed by atoms with E-state index in [1.54, 1.807) is 13.1 Å². The minimum absolute atomic E-state index is 0.143. The second-order valence-electron chi connectivity index (χ2n) is 5.72. The third kappa shape index (κ3) is 3.27. The van der Waals surface area contributed by atoms with E-state index in [4.69, 9.17) is 0 Å². The first-order valence-electron chi connectivity index (χ1n) is 8.60. The highest BCUT2D eigenvalue weighted by molar-refractivity contribution is 6.26. The Morgan fingerprint density at radius 3 is 2.60 bits per heavy atom. The third-order valence-corrected chi connectivity index (χ3v) is 4.38. The van der Waals surface area contributed by atoms with Gasteiger partial charge >= 0.3 is 0 Å². The van der Waals surface area contributed by atoms with E-state index in [1.165, 1.54) is 4.90 Å². The van der Waals surface area contributed by atoms with Gasteiger partial charge in [0.2, 0.25) is 5.91 Å². The predicted octanol–water partition coefficient (Wildman–Crippen LogP) is 3.23. The van der Waals surface area contributed by atoms with Gasteiger partial charge in [0.1, 0.15) is 6.29 Å². The number of carbonyl (C=O) groups is 3. The van der Waals surface area contributed by atoms with Gasteiger partial charge in [0.25, 0.3) is 5.91 Å². The lowest BCUT2D eigenvalue weighted by atomic mass is 10.0. The molecule has 3 rings (SSSR count). The number of aryl methyl sites for hydroxylation is 1. The lowest BCUT2D eigenvalue weighted by molar-refractivity contribution is -0.120. The fraction of sp³-hybridized carbons (Fsp3) is 0.350. The van der Waals surface area contributed by atoms with Crippen LogP contribution in [0.25, 0.3) is 10.8 Å². The van der Waals surface area contributed by atoms with Crippen LogP contribution in [-0.2, 0) is 9.59 Å².